The summed E-state index contributed by atoms with van der Waals surface area (Å²) in [6.07, 6.45) is 0.599. The molecule has 0 aromatic carbocycles. The fourth-order valence-electron chi connectivity index (χ4n) is 1.56. The van der Waals surface area contributed by atoms with Gasteiger partial charge in [0.2, 0.25) is 10.0 Å². The van der Waals surface area contributed by atoms with Crippen LogP contribution in [-0.2, 0) is 23.0 Å². The van der Waals surface area contributed by atoms with E-state index in [2.05, 4.69) is 9.71 Å². The molecular weight excluding hydrogens is 266 g/mol. The second-order valence-corrected chi connectivity index (χ2v) is 6.55. The maximum absolute atomic E-state index is 11.0. The Kier molecular flexibility index (Phi) is 2.96. The van der Waals surface area contributed by atoms with Crippen LogP contribution in [0.3, 0.4) is 0 Å². The average molecular weight is 277 g/mol. The minimum Gasteiger partial charge on any atom is -0.465 e. The zero-order valence-electron chi connectivity index (χ0n) is 9.00. The van der Waals surface area contributed by atoms with Gasteiger partial charge in [-0.15, -0.1) is 0 Å². The summed E-state index contributed by atoms with van der Waals surface area (Å²) in [6.45, 7) is 0.665. The summed E-state index contributed by atoms with van der Waals surface area (Å²) in [7, 11) is -3.34. The van der Waals surface area contributed by atoms with Crippen molar-refractivity contribution in [3.8, 4) is 0 Å². The Hall–Kier alpha value is -1.35. The van der Waals surface area contributed by atoms with Crippen molar-refractivity contribution in [1.29, 1.82) is 0 Å². The molecule has 2 N–H and O–H groups in total. The Balaban J connectivity index is 2.20. The van der Waals surface area contributed by atoms with Gasteiger partial charge in [-0.25, -0.2) is 18.2 Å². The van der Waals surface area contributed by atoms with Gasteiger partial charge in [0.1, 0.15) is 0 Å². The predicted molar refractivity (Wildman–Crippen MR) is 62.7 cm³/mol. The van der Waals surface area contributed by atoms with Crippen molar-refractivity contribution in [3.05, 3.63) is 10.6 Å². The average Bonchev–Trinajstić information content (AvgIpc) is 2.54. The van der Waals surface area contributed by atoms with Gasteiger partial charge in [0.25, 0.3) is 0 Å². The van der Waals surface area contributed by atoms with Crippen LogP contribution >= 0.6 is 11.3 Å². The number of nitrogens with zero attached hydrogens (tertiary/aromatic N) is 2. The number of aromatic nitrogens is 1. The number of nitrogens with one attached hydrogen (secondary N) is 1. The molecule has 1 amide bonds. The SMILES string of the molecule is CS(=O)(=O)Nc1nc2c(s1)CN(C(=O)O)CC2. The fraction of sp³-hybridized carbons (Fsp3) is 0.500. The van der Waals surface area contributed by atoms with Crippen molar-refractivity contribution in [2.24, 2.45) is 0 Å². The minimum atomic E-state index is -3.34. The number of carboxylic acid groups (broad SMARTS) is 1. The molecule has 0 unspecified atom stereocenters. The number of anilines is 1. The Morgan fingerprint density at radius 3 is 2.88 bits per heavy atom. The number of fused-ring (bicyclic) bond motifs is 1. The maximum atomic E-state index is 11.0. The molecule has 1 aromatic heterocycles. The smallest absolute Gasteiger partial charge is 0.407 e. The third-order valence-electron chi connectivity index (χ3n) is 2.27. The van der Waals surface area contributed by atoms with Gasteiger partial charge in [-0.05, 0) is 0 Å². The Labute approximate surface area is 102 Å². The number of hydrogen-bond donors (Lipinski definition) is 2. The zero-order valence-corrected chi connectivity index (χ0v) is 10.6. The van der Waals surface area contributed by atoms with Gasteiger partial charge in [-0.2, -0.15) is 0 Å². The molecule has 1 aromatic rings. The summed E-state index contributed by atoms with van der Waals surface area (Å²) >= 11 is 1.18. The van der Waals surface area contributed by atoms with Crippen molar-refractivity contribution in [1.82, 2.24) is 9.88 Å². The molecule has 0 bridgehead atoms. The monoisotopic (exact) mass is 277 g/mol. The van der Waals surface area contributed by atoms with E-state index in [9.17, 15) is 13.2 Å². The molecule has 17 heavy (non-hydrogen) atoms. The Morgan fingerprint density at radius 1 is 1.59 bits per heavy atom. The van der Waals surface area contributed by atoms with Crippen LogP contribution in [0.25, 0.3) is 0 Å². The third kappa shape index (κ3) is 2.86. The van der Waals surface area contributed by atoms with Gasteiger partial charge < -0.3 is 10.0 Å². The molecule has 0 saturated carbocycles. The second-order valence-electron chi connectivity index (χ2n) is 3.72. The lowest BCUT2D eigenvalue weighted by atomic mass is 10.2. The van der Waals surface area contributed by atoms with Gasteiger partial charge >= 0.3 is 6.09 Å². The third-order valence-corrected chi connectivity index (χ3v) is 3.97. The van der Waals surface area contributed by atoms with Crippen LogP contribution in [0.5, 0.6) is 0 Å². The van der Waals surface area contributed by atoms with Crippen LogP contribution < -0.4 is 4.72 Å². The molecular formula is C8H11N3O4S2. The lowest BCUT2D eigenvalue weighted by Gasteiger charge is -2.22. The molecule has 2 rings (SSSR count). The first kappa shape index (κ1) is 12.1. The Morgan fingerprint density at radius 2 is 2.29 bits per heavy atom. The molecule has 0 spiro atoms. The highest BCUT2D eigenvalue weighted by atomic mass is 32.2. The van der Waals surface area contributed by atoms with Gasteiger partial charge in [-0.3, -0.25) is 4.72 Å². The summed E-state index contributed by atoms with van der Waals surface area (Å²) in [6, 6.07) is 0. The number of rotatable bonds is 2. The van der Waals surface area contributed by atoms with Crippen LogP contribution in [0.1, 0.15) is 10.6 Å². The van der Waals surface area contributed by atoms with E-state index in [1.807, 2.05) is 0 Å². The quantitative estimate of drug-likeness (QED) is 0.822. The summed E-state index contributed by atoms with van der Waals surface area (Å²) in [5.41, 5.74) is 0.777. The van der Waals surface area contributed by atoms with Crippen LogP contribution in [0.2, 0.25) is 0 Å². The van der Waals surface area contributed by atoms with E-state index < -0.39 is 16.1 Å². The molecule has 0 radical (unpaired) electrons. The number of thiazole rings is 1. The number of hydrogen-bond acceptors (Lipinski definition) is 5. The largest absolute Gasteiger partial charge is 0.465 e. The topological polar surface area (TPSA) is 99.6 Å². The molecule has 1 aliphatic rings. The number of sulfonamides is 1. The maximum Gasteiger partial charge on any atom is 0.407 e. The van der Waals surface area contributed by atoms with E-state index in [-0.39, 0.29) is 6.54 Å². The van der Waals surface area contributed by atoms with Crippen molar-refractivity contribution < 1.29 is 18.3 Å². The predicted octanol–water partition coefficient (Wildman–Crippen LogP) is 0.551. The van der Waals surface area contributed by atoms with Gasteiger partial charge in [0, 0.05) is 17.8 Å². The molecule has 0 aliphatic carbocycles. The van der Waals surface area contributed by atoms with Crippen LogP contribution in [0.4, 0.5) is 9.93 Å². The van der Waals surface area contributed by atoms with Crippen LogP contribution in [0, 0.1) is 0 Å². The normalized spacial score (nSPS) is 15.5. The van der Waals surface area contributed by atoms with Gasteiger partial charge in [0.05, 0.1) is 18.5 Å². The first-order valence-corrected chi connectivity index (χ1v) is 7.50. The summed E-state index contributed by atoms with van der Waals surface area (Å²) < 4.78 is 24.4. The first-order valence-electron chi connectivity index (χ1n) is 4.79. The summed E-state index contributed by atoms with van der Waals surface area (Å²) in [5.74, 6) is 0. The lowest BCUT2D eigenvalue weighted by Crippen LogP contribution is -2.34. The van der Waals surface area contributed by atoms with E-state index in [1.165, 1.54) is 16.2 Å². The highest BCUT2D eigenvalue weighted by Gasteiger charge is 2.24. The van der Waals surface area contributed by atoms with E-state index in [1.54, 1.807) is 0 Å². The van der Waals surface area contributed by atoms with Crippen molar-refractivity contribution in [2.45, 2.75) is 13.0 Å². The molecule has 0 fully saturated rings. The number of carbonyl (C=O) groups is 1. The zero-order chi connectivity index (χ0) is 12.6. The van der Waals surface area contributed by atoms with Crippen molar-refractivity contribution in [2.75, 3.05) is 17.5 Å². The molecule has 7 nitrogen and oxygen atoms in total. The molecule has 0 saturated heterocycles. The molecule has 1 aliphatic heterocycles. The molecule has 2 heterocycles. The summed E-state index contributed by atoms with van der Waals surface area (Å²) in [4.78, 5) is 17.0. The fourth-order valence-corrected chi connectivity index (χ4v) is 3.42. The molecule has 94 valence electrons. The van der Waals surface area contributed by atoms with E-state index >= 15 is 0 Å². The molecule has 0 atom stereocenters. The highest BCUT2D eigenvalue weighted by Crippen LogP contribution is 2.28. The second kappa shape index (κ2) is 4.15. The standard InChI is InChI=1S/C8H11N3O4S2/c1-17(14,15)10-7-9-5-2-3-11(8(12)13)4-6(5)16-7/h2-4H2,1H3,(H,9,10)(H,12,13). The van der Waals surface area contributed by atoms with E-state index in [0.717, 1.165) is 16.8 Å². The highest BCUT2D eigenvalue weighted by molar-refractivity contribution is 7.92. The minimum absolute atomic E-state index is 0.272. The summed E-state index contributed by atoms with van der Waals surface area (Å²) in [5, 5.41) is 9.15. The van der Waals surface area contributed by atoms with Crippen LogP contribution in [-0.4, -0.2) is 42.3 Å². The Bertz CT molecular complexity index is 551. The first-order chi connectivity index (χ1) is 7.85. The van der Waals surface area contributed by atoms with Crippen molar-refractivity contribution in [3.63, 3.8) is 0 Å². The lowest BCUT2D eigenvalue weighted by molar-refractivity contribution is 0.140. The molecule has 9 heteroatoms. The van der Waals surface area contributed by atoms with Gasteiger partial charge in [-0.1, -0.05) is 11.3 Å². The van der Waals surface area contributed by atoms with E-state index in [4.69, 9.17) is 5.11 Å². The van der Waals surface area contributed by atoms with E-state index in [0.29, 0.717) is 18.1 Å². The van der Waals surface area contributed by atoms with Crippen molar-refractivity contribution >= 4 is 32.6 Å². The number of amides is 1. The van der Waals surface area contributed by atoms with Gasteiger partial charge in [0.15, 0.2) is 5.13 Å². The van der Waals surface area contributed by atoms with Crippen LogP contribution in [0.15, 0.2) is 0 Å².